The third kappa shape index (κ3) is 2.66. The molecule has 7 heteroatoms. The molecule has 0 N–H and O–H groups in total. The maximum absolute atomic E-state index is 12.3. The lowest BCUT2D eigenvalue weighted by molar-refractivity contribution is -0.137. The van der Waals surface area contributed by atoms with Crippen LogP contribution in [-0.4, -0.2) is 15.0 Å². The van der Waals surface area contributed by atoms with Crippen LogP contribution in [0.1, 0.15) is 11.3 Å². The molecule has 0 aliphatic rings. The Labute approximate surface area is 103 Å². The Morgan fingerprint density at radius 1 is 1.18 bits per heavy atom. The summed E-state index contributed by atoms with van der Waals surface area (Å²) in [7, 11) is 0. The van der Waals surface area contributed by atoms with E-state index in [4.69, 9.17) is 0 Å². The Hall–Kier alpha value is -1.37. The normalized spacial score (nSPS) is 11.8. The molecule has 0 aliphatic heterocycles. The van der Waals surface area contributed by atoms with E-state index in [1.807, 2.05) is 0 Å². The average Bonchev–Trinajstić information content (AvgIpc) is 2.76. The number of aromatic nitrogens is 3. The predicted molar refractivity (Wildman–Crippen MR) is 59.0 cm³/mol. The predicted octanol–water partition coefficient (Wildman–Crippen LogP) is 3.18. The molecule has 2 aromatic rings. The second-order valence-electron chi connectivity index (χ2n) is 3.30. The number of rotatable bonds is 2. The largest absolute Gasteiger partial charge is 0.416 e. The third-order valence-corrected chi connectivity index (χ3v) is 2.68. The molecule has 0 bridgehead atoms. The molecular formula is C10H7BrF3N3. The lowest BCUT2D eigenvalue weighted by Gasteiger charge is -2.06. The van der Waals surface area contributed by atoms with E-state index < -0.39 is 11.7 Å². The van der Waals surface area contributed by atoms with Gasteiger partial charge in [-0.15, -0.1) is 0 Å². The standard InChI is InChI=1S/C10H7BrF3N3/c11-5-8-6-15-17(16-8)9-3-1-7(2-4-9)10(12,13)14/h1-4,6H,5H2. The third-order valence-electron chi connectivity index (χ3n) is 2.10. The van der Waals surface area contributed by atoms with E-state index in [9.17, 15) is 13.2 Å². The molecular weight excluding hydrogens is 299 g/mol. The van der Waals surface area contributed by atoms with E-state index in [0.29, 0.717) is 16.7 Å². The minimum atomic E-state index is -4.32. The van der Waals surface area contributed by atoms with Crippen molar-refractivity contribution in [2.24, 2.45) is 0 Å². The average molecular weight is 306 g/mol. The number of hydrogen-bond acceptors (Lipinski definition) is 2. The minimum Gasteiger partial charge on any atom is -0.166 e. The first-order chi connectivity index (χ1) is 8.00. The molecule has 3 nitrogen and oxygen atoms in total. The molecule has 0 saturated heterocycles. The van der Waals surface area contributed by atoms with Crippen LogP contribution in [0.2, 0.25) is 0 Å². The highest BCUT2D eigenvalue weighted by atomic mass is 79.9. The van der Waals surface area contributed by atoms with E-state index in [-0.39, 0.29) is 0 Å². The monoisotopic (exact) mass is 305 g/mol. The van der Waals surface area contributed by atoms with Gasteiger partial charge in [0, 0.05) is 5.33 Å². The number of alkyl halides is 4. The second-order valence-corrected chi connectivity index (χ2v) is 3.86. The Kier molecular flexibility index (Phi) is 3.19. The fourth-order valence-corrected chi connectivity index (χ4v) is 1.52. The van der Waals surface area contributed by atoms with Gasteiger partial charge in [-0.05, 0) is 24.3 Å². The van der Waals surface area contributed by atoms with Crippen molar-refractivity contribution < 1.29 is 13.2 Å². The Balaban J connectivity index is 2.29. The topological polar surface area (TPSA) is 30.7 Å². The van der Waals surface area contributed by atoms with Gasteiger partial charge in [-0.25, -0.2) is 0 Å². The maximum atomic E-state index is 12.3. The second kappa shape index (κ2) is 4.48. The van der Waals surface area contributed by atoms with Crippen LogP contribution in [0.25, 0.3) is 5.69 Å². The molecule has 0 saturated carbocycles. The zero-order chi connectivity index (χ0) is 12.5. The summed E-state index contributed by atoms with van der Waals surface area (Å²) in [5.74, 6) is 0. The van der Waals surface area contributed by atoms with Gasteiger partial charge >= 0.3 is 6.18 Å². The van der Waals surface area contributed by atoms with Crippen molar-refractivity contribution in [1.29, 1.82) is 0 Å². The van der Waals surface area contributed by atoms with Gasteiger partial charge in [0.1, 0.15) is 0 Å². The van der Waals surface area contributed by atoms with Gasteiger partial charge in [0.05, 0.1) is 23.1 Å². The molecule has 90 valence electrons. The molecule has 1 aromatic carbocycles. The van der Waals surface area contributed by atoms with Crippen LogP contribution in [0.15, 0.2) is 30.5 Å². The summed E-state index contributed by atoms with van der Waals surface area (Å²) in [6.45, 7) is 0. The number of nitrogens with zero attached hydrogens (tertiary/aromatic N) is 3. The van der Waals surface area contributed by atoms with Crippen molar-refractivity contribution >= 4 is 15.9 Å². The molecule has 1 heterocycles. The Bertz CT molecular complexity index is 504. The Morgan fingerprint density at radius 2 is 1.82 bits per heavy atom. The van der Waals surface area contributed by atoms with Crippen LogP contribution in [-0.2, 0) is 11.5 Å². The van der Waals surface area contributed by atoms with Crippen molar-refractivity contribution in [3.05, 3.63) is 41.7 Å². The number of hydrogen-bond donors (Lipinski definition) is 0. The van der Waals surface area contributed by atoms with Crippen LogP contribution in [0, 0.1) is 0 Å². The highest BCUT2D eigenvalue weighted by Gasteiger charge is 2.30. The molecule has 0 unspecified atom stereocenters. The lowest BCUT2D eigenvalue weighted by atomic mass is 10.2. The number of benzene rings is 1. The van der Waals surface area contributed by atoms with Gasteiger partial charge in [-0.2, -0.15) is 28.2 Å². The van der Waals surface area contributed by atoms with Gasteiger partial charge < -0.3 is 0 Å². The molecule has 0 spiro atoms. The van der Waals surface area contributed by atoms with Crippen LogP contribution in [0.3, 0.4) is 0 Å². The van der Waals surface area contributed by atoms with Gasteiger partial charge in [0.15, 0.2) is 0 Å². The van der Waals surface area contributed by atoms with Gasteiger partial charge in [-0.1, -0.05) is 15.9 Å². The van der Waals surface area contributed by atoms with Crippen LogP contribution >= 0.6 is 15.9 Å². The summed E-state index contributed by atoms with van der Waals surface area (Å²) in [6, 6.07) is 4.68. The first kappa shape index (κ1) is 12.1. The first-order valence-electron chi connectivity index (χ1n) is 4.65. The molecule has 0 aliphatic carbocycles. The summed E-state index contributed by atoms with van der Waals surface area (Å²) in [4.78, 5) is 1.29. The first-order valence-corrected chi connectivity index (χ1v) is 5.77. The quantitative estimate of drug-likeness (QED) is 0.798. The summed E-state index contributed by atoms with van der Waals surface area (Å²) in [5.41, 5.74) is 0.518. The van der Waals surface area contributed by atoms with Crippen molar-refractivity contribution in [2.75, 3.05) is 0 Å². The van der Waals surface area contributed by atoms with E-state index in [1.165, 1.54) is 16.9 Å². The van der Waals surface area contributed by atoms with Crippen LogP contribution < -0.4 is 0 Å². The van der Waals surface area contributed by atoms with Crippen molar-refractivity contribution in [1.82, 2.24) is 15.0 Å². The minimum absolute atomic E-state index is 0.491. The lowest BCUT2D eigenvalue weighted by Crippen LogP contribution is -2.05. The molecule has 0 atom stereocenters. The zero-order valence-electron chi connectivity index (χ0n) is 8.45. The summed E-state index contributed by atoms with van der Waals surface area (Å²) < 4.78 is 37.0. The van der Waals surface area contributed by atoms with Crippen LogP contribution in [0.5, 0.6) is 0 Å². The van der Waals surface area contributed by atoms with Gasteiger partial charge in [0.25, 0.3) is 0 Å². The van der Waals surface area contributed by atoms with E-state index in [2.05, 4.69) is 26.1 Å². The molecule has 0 amide bonds. The van der Waals surface area contributed by atoms with E-state index >= 15 is 0 Å². The van der Waals surface area contributed by atoms with Gasteiger partial charge in [-0.3, -0.25) is 0 Å². The van der Waals surface area contributed by atoms with Gasteiger partial charge in [0.2, 0.25) is 0 Å². The van der Waals surface area contributed by atoms with E-state index in [1.54, 1.807) is 6.20 Å². The SMILES string of the molecule is FC(F)(F)c1ccc(-n2ncc(CBr)n2)cc1. The van der Waals surface area contributed by atoms with Crippen molar-refractivity contribution in [2.45, 2.75) is 11.5 Å². The van der Waals surface area contributed by atoms with Crippen LogP contribution in [0.4, 0.5) is 13.2 Å². The fraction of sp³-hybridized carbons (Fsp3) is 0.200. The highest BCUT2D eigenvalue weighted by Crippen LogP contribution is 2.29. The van der Waals surface area contributed by atoms with E-state index in [0.717, 1.165) is 12.1 Å². The molecule has 0 fully saturated rings. The molecule has 17 heavy (non-hydrogen) atoms. The summed E-state index contributed by atoms with van der Waals surface area (Å²) >= 11 is 3.22. The summed E-state index contributed by atoms with van der Waals surface area (Å²) in [6.07, 6.45) is -2.77. The Morgan fingerprint density at radius 3 is 2.29 bits per heavy atom. The molecule has 0 radical (unpaired) electrons. The smallest absolute Gasteiger partial charge is 0.166 e. The van der Waals surface area contributed by atoms with Crippen molar-refractivity contribution in [3.63, 3.8) is 0 Å². The zero-order valence-corrected chi connectivity index (χ0v) is 10.0. The maximum Gasteiger partial charge on any atom is 0.416 e. The number of halogens is 4. The molecule has 2 rings (SSSR count). The highest BCUT2D eigenvalue weighted by molar-refractivity contribution is 9.08. The fourth-order valence-electron chi connectivity index (χ4n) is 1.26. The summed E-state index contributed by atoms with van der Waals surface area (Å²) in [5, 5.41) is 8.56. The molecule has 1 aromatic heterocycles. The van der Waals surface area contributed by atoms with Crippen molar-refractivity contribution in [3.8, 4) is 5.69 Å².